The summed E-state index contributed by atoms with van der Waals surface area (Å²) in [4.78, 5) is 13.8. The Bertz CT molecular complexity index is 721. The Labute approximate surface area is 168 Å². The quantitative estimate of drug-likeness (QED) is 0.531. The topological polar surface area (TPSA) is 58.4 Å². The molecular formula is C23H33N3O2. The van der Waals surface area contributed by atoms with Crippen LogP contribution >= 0.6 is 0 Å². The Morgan fingerprint density at radius 2 is 1.68 bits per heavy atom. The van der Waals surface area contributed by atoms with Gasteiger partial charge in [0.2, 0.25) is 0 Å². The molecule has 0 spiro atoms. The SMILES string of the molecule is C[C@H](Nc1cc(N2CCCCC2)ccc1[N+](=O)[O-])C12CC3CC(CC(C3)C1)C2. The van der Waals surface area contributed by atoms with E-state index < -0.39 is 0 Å². The average Bonchev–Trinajstić information content (AvgIpc) is 2.67. The molecule has 1 aliphatic heterocycles. The zero-order chi connectivity index (χ0) is 19.3. The second-order valence-corrected chi connectivity index (χ2v) is 10.2. The van der Waals surface area contributed by atoms with Crippen LogP contribution in [0, 0.1) is 33.3 Å². The first kappa shape index (κ1) is 18.3. The van der Waals surface area contributed by atoms with Gasteiger partial charge < -0.3 is 10.2 Å². The van der Waals surface area contributed by atoms with E-state index >= 15 is 0 Å². The highest BCUT2D eigenvalue weighted by molar-refractivity contribution is 5.69. The maximum absolute atomic E-state index is 11.7. The average molecular weight is 384 g/mol. The van der Waals surface area contributed by atoms with Crippen molar-refractivity contribution < 1.29 is 4.92 Å². The predicted molar refractivity (Wildman–Crippen MR) is 113 cm³/mol. The van der Waals surface area contributed by atoms with E-state index in [0.717, 1.165) is 42.2 Å². The van der Waals surface area contributed by atoms with Gasteiger partial charge in [-0.15, -0.1) is 0 Å². The minimum Gasteiger partial charge on any atom is -0.376 e. The minimum atomic E-state index is -0.227. The van der Waals surface area contributed by atoms with Gasteiger partial charge in [-0.1, -0.05) is 0 Å². The Morgan fingerprint density at radius 3 is 2.25 bits per heavy atom. The minimum absolute atomic E-state index is 0.220. The highest BCUT2D eigenvalue weighted by atomic mass is 16.6. The Hall–Kier alpha value is -1.78. The molecule has 4 saturated carbocycles. The first-order chi connectivity index (χ1) is 13.5. The summed E-state index contributed by atoms with van der Waals surface area (Å²) in [6.07, 6.45) is 11.9. The van der Waals surface area contributed by atoms with E-state index in [1.54, 1.807) is 6.07 Å². The molecule has 5 aliphatic rings. The van der Waals surface area contributed by atoms with E-state index in [-0.39, 0.29) is 16.7 Å². The van der Waals surface area contributed by atoms with Crippen LogP contribution in [0.15, 0.2) is 18.2 Å². The van der Waals surface area contributed by atoms with Crippen molar-refractivity contribution in [2.24, 2.45) is 23.2 Å². The molecule has 5 nitrogen and oxygen atoms in total. The highest BCUT2D eigenvalue weighted by Crippen LogP contribution is 2.61. The van der Waals surface area contributed by atoms with Gasteiger partial charge in [0.1, 0.15) is 5.69 Å². The molecule has 6 rings (SSSR count). The van der Waals surface area contributed by atoms with Crippen molar-refractivity contribution in [1.29, 1.82) is 0 Å². The zero-order valence-electron chi connectivity index (χ0n) is 17.0. The van der Waals surface area contributed by atoms with Gasteiger partial charge in [-0.3, -0.25) is 10.1 Å². The number of benzene rings is 1. The molecule has 0 aromatic heterocycles. The number of nitro benzene ring substituents is 1. The fraction of sp³-hybridized carbons (Fsp3) is 0.739. The molecule has 28 heavy (non-hydrogen) atoms. The normalized spacial score (nSPS) is 35.0. The lowest BCUT2D eigenvalue weighted by atomic mass is 9.48. The molecule has 0 amide bonds. The third-order valence-corrected chi connectivity index (χ3v) is 8.27. The van der Waals surface area contributed by atoms with Crippen LogP contribution in [0.2, 0.25) is 0 Å². The van der Waals surface area contributed by atoms with Crippen molar-refractivity contribution in [2.75, 3.05) is 23.3 Å². The second-order valence-electron chi connectivity index (χ2n) is 10.2. The van der Waals surface area contributed by atoms with E-state index in [4.69, 9.17) is 0 Å². The number of nitrogens with zero attached hydrogens (tertiary/aromatic N) is 2. The van der Waals surface area contributed by atoms with Gasteiger partial charge in [0.15, 0.2) is 0 Å². The first-order valence-electron chi connectivity index (χ1n) is 11.3. The lowest BCUT2D eigenvalue weighted by molar-refractivity contribution is -0.384. The van der Waals surface area contributed by atoms with Crippen LogP contribution in [-0.4, -0.2) is 24.1 Å². The number of hydrogen-bond donors (Lipinski definition) is 1. The second kappa shape index (κ2) is 6.93. The van der Waals surface area contributed by atoms with Crippen LogP contribution in [0.4, 0.5) is 17.1 Å². The van der Waals surface area contributed by atoms with Gasteiger partial charge >= 0.3 is 0 Å². The molecule has 1 heterocycles. The summed E-state index contributed by atoms with van der Waals surface area (Å²) in [5, 5.41) is 15.4. The van der Waals surface area contributed by atoms with Crippen molar-refractivity contribution in [3.8, 4) is 0 Å². The van der Waals surface area contributed by atoms with Crippen LogP contribution in [0.5, 0.6) is 0 Å². The lowest BCUT2D eigenvalue weighted by Crippen LogP contribution is -2.52. The monoisotopic (exact) mass is 383 g/mol. The van der Waals surface area contributed by atoms with Gasteiger partial charge in [-0.25, -0.2) is 0 Å². The van der Waals surface area contributed by atoms with Gasteiger partial charge in [-0.05, 0) is 100 Å². The third kappa shape index (κ3) is 3.17. The largest absolute Gasteiger partial charge is 0.376 e. The predicted octanol–water partition coefficient (Wildman–Crippen LogP) is 5.60. The molecule has 5 heteroatoms. The number of nitro groups is 1. The van der Waals surface area contributed by atoms with Gasteiger partial charge in [0.05, 0.1) is 4.92 Å². The fourth-order valence-corrected chi connectivity index (χ4v) is 7.24. The molecule has 4 aliphatic carbocycles. The molecule has 0 radical (unpaired) electrons. The Morgan fingerprint density at radius 1 is 1.07 bits per heavy atom. The summed E-state index contributed by atoms with van der Waals surface area (Å²) in [6, 6.07) is 5.97. The summed E-state index contributed by atoms with van der Waals surface area (Å²) in [5.41, 5.74) is 2.41. The molecule has 1 atom stereocenters. The maximum atomic E-state index is 11.7. The van der Waals surface area contributed by atoms with E-state index in [9.17, 15) is 10.1 Å². The summed E-state index contributed by atoms with van der Waals surface area (Å²) in [6.45, 7) is 4.40. The molecule has 0 unspecified atom stereocenters. The summed E-state index contributed by atoms with van der Waals surface area (Å²) < 4.78 is 0. The van der Waals surface area contributed by atoms with Crippen molar-refractivity contribution in [1.82, 2.24) is 0 Å². The Kier molecular flexibility index (Phi) is 4.52. The van der Waals surface area contributed by atoms with E-state index in [1.165, 1.54) is 57.8 Å². The fourth-order valence-electron chi connectivity index (χ4n) is 7.24. The smallest absolute Gasteiger partial charge is 0.292 e. The summed E-state index contributed by atoms with van der Waals surface area (Å²) >= 11 is 0. The first-order valence-corrected chi connectivity index (χ1v) is 11.3. The van der Waals surface area contributed by atoms with Crippen LogP contribution in [0.25, 0.3) is 0 Å². The maximum Gasteiger partial charge on any atom is 0.292 e. The molecule has 1 saturated heterocycles. The van der Waals surface area contributed by atoms with Crippen molar-refractivity contribution >= 4 is 17.1 Å². The van der Waals surface area contributed by atoms with Crippen molar-refractivity contribution in [3.63, 3.8) is 0 Å². The highest BCUT2D eigenvalue weighted by Gasteiger charge is 2.53. The van der Waals surface area contributed by atoms with Crippen LogP contribution in [0.3, 0.4) is 0 Å². The summed E-state index contributed by atoms with van der Waals surface area (Å²) in [7, 11) is 0. The van der Waals surface area contributed by atoms with E-state index in [2.05, 4.69) is 17.1 Å². The molecule has 1 aromatic carbocycles. The molecule has 1 N–H and O–H groups in total. The van der Waals surface area contributed by atoms with Gasteiger partial charge in [0.25, 0.3) is 5.69 Å². The third-order valence-electron chi connectivity index (χ3n) is 8.27. The molecule has 1 aromatic rings. The van der Waals surface area contributed by atoms with Crippen LogP contribution in [-0.2, 0) is 0 Å². The zero-order valence-corrected chi connectivity index (χ0v) is 17.0. The number of hydrogen-bond acceptors (Lipinski definition) is 4. The summed E-state index contributed by atoms with van der Waals surface area (Å²) in [5.74, 6) is 2.68. The molecule has 152 valence electrons. The van der Waals surface area contributed by atoms with Crippen LogP contribution in [0.1, 0.15) is 64.7 Å². The van der Waals surface area contributed by atoms with Crippen molar-refractivity contribution in [3.05, 3.63) is 28.3 Å². The Balaban J connectivity index is 1.41. The number of rotatable bonds is 5. The standard InChI is InChI=1S/C23H33N3O2/c1-16(23-13-17-9-18(14-23)11-19(10-17)15-23)24-21-12-20(5-6-22(21)26(27)28)25-7-3-2-4-8-25/h5-6,12,16-19,24H,2-4,7-11,13-15H2,1H3/t16-,17?,18?,19?,23?/m0/s1. The van der Waals surface area contributed by atoms with E-state index in [1.807, 2.05) is 12.1 Å². The lowest BCUT2D eigenvalue weighted by Gasteiger charge is -2.59. The number of anilines is 2. The molecule has 4 bridgehead atoms. The number of nitrogens with one attached hydrogen (secondary N) is 1. The molecular weight excluding hydrogens is 350 g/mol. The molecule has 5 fully saturated rings. The van der Waals surface area contributed by atoms with E-state index in [0.29, 0.717) is 5.41 Å². The van der Waals surface area contributed by atoms with Gasteiger partial charge in [-0.2, -0.15) is 0 Å². The number of piperidine rings is 1. The van der Waals surface area contributed by atoms with Crippen LogP contribution < -0.4 is 10.2 Å². The van der Waals surface area contributed by atoms with Gasteiger partial charge in [0, 0.05) is 30.9 Å². The van der Waals surface area contributed by atoms with Crippen molar-refractivity contribution in [2.45, 2.75) is 70.8 Å².